The molecule has 0 N–H and O–H groups in total. The van der Waals surface area contributed by atoms with E-state index in [2.05, 4.69) is 35.0 Å². The molecule has 1 aliphatic rings. The Labute approximate surface area is 157 Å². The van der Waals surface area contributed by atoms with Gasteiger partial charge in [-0.25, -0.2) is 0 Å². The third-order valence-electron chi connectivity index (χ3n) is 4.38. The van der Waals surface area contributed by atoms with Crippen LogP contribution in [0, 0.1) is 0 Å². The van der Waals surface area contributed by atoms with Gasteiger partial charge in [0.25, 0.3) is 0 Å². The maximum absolute atomic E-state index is 12.4. The zero-order valence-electron chi connectivity index (χ0n) is 12.9. The van der Waals surface area contributed by atoms with Gasteiger partial charge in [-0.2, -0.15) is 0 Å². The number of benzene rings is 1. The number of carbonyl (C=O) groups excluding carboxylic acids is 2. The van der Waals surface area contributed by atoms with E-state index in [-0.39, 0.29) is 11.6 Å². The monoisotopic (exact) mass is 459 g/mol. The first-order chi connectivity index (χ1) is 12.2. The van der Waals surface area contributed by atoms with E-state index in [0.717, 1.165) is 3.58 Å². The molecule has 0 amide bonds. The van der Waals surface area contributed by atoms with Crippen LogP contribution in [0.15, 0.2) is 65.0 Å². The minimum absolute atomic E-state index is 0.130. The van der Waals surface area contributed by atoms with E-state index in [9.17, 15) is 9.59 Å². The Hall–Kier alpha value is -2.19. The molecule has 0 spiro atoms. The van der Waals surface area contributed by atoms with Crippen LogP contribution in [0.3, 0.4) is 0 Å². The number of Topliss-reactive ketones (excluding diaryl/α,β-unsaturated/α-hetero) is 2. The van der Waals surface area contributed by atoms with Crippen LogP contribution in [0.1, 0.15) is 24.3 Å². The molecule has 120 valence electrons. The van der Waals surface area contributed by atoms with Gasteiger partial charge in [0.2, 0.25) is 0 Å². The van der Waals surface area contributed by atoms with Crippen molar-refractivity contribution in [3.8, 4) is 3.70 Å². The van der Waals surface area contributed by atoms with Crippen molar-refractivity contribution in [1.82, 2.24) is 4.57 Å². The first-order valence-corrected chi connectivity index (χ1v) is 11.0. The number of thiophene rings is 1. The Balaban J connectivity index is 1.55. The van der Waals surface area contributed by atoms with Crippen molar-refractivity contribution < 1.29 is 9.59 Å². The molecule has 4 aromatic rings. The molecule has 3 aromatic heterocycles. The summed E-state index contributed by atoms with van der Waals surface area (Å²) in [7, 11) is 0. The minimum atomic E-state index is -0.635. The average molecular weight is 457 g/mol. The average Bonchev–Trinajstić information content (AvgIpc) is 3.38. The fourth-order valence-electron chi connectivity index (χ4n) is 3.14. The Bertz CT molecular complexity index is 1160. The fraction of sp³-hybridized carbons (Fsp3) is 0. The van der Waals surface area contributed by atoms with Crippen LogP contribution < -0.4 is 0 Å². The Morgan fingerprint density at radius 2 is 1.68 bits per heavy atom. The molecule has 5 rings (SSSR count). The van der Waals surface area contributed by atoms with E-state index in [1.807, 2.05) is 24.3 Å². The number of carbonyl (C=O) groups is 2. The first-order valence-electron chi connectivity index (χ1n) is 7.76. The van der Waals surface area contributed by atoms with Crippen molar-refractivity contribution >= 4 is 60.3 Å². The molecule has 1 aliphatic carbocycles. The van der Waals surface area contributed by atoms with Gasteiger partial charge in [0.1, 0.15) is 0 Å². The number of nitrogens with zero attached hydrogens (tertiary/aromatic N) is 1. The maximum atomic E-state index is 12.4. The van der Waals surface area contributed by atoms with E-state index >= 15 is 0 Å². The van der Waals surface area contributed by atoms with Crippen LogP contribution in [0.2, 0.25) is 0 Å². The number of hydrogen-bond donors (Lipinski definition) is 0. The summed E-state index contributed by atoms with van der Waals surface area (Å²) in [6, 6.07) is 14.6. The van der Waals surface area contributed by atoms with Crippen LogP contribution in [-0.2, 0) is 0 Å². The molecule has 0 radical (unpaired) electrons. The van der Waals surface area contributed by atoms with Gasteiger partial charge in [-0.1, -0.05) is 0 Å². The van der Waals surface area contributed by atoms with Crippen molar-refractivity contribution in [2.45, 2.75) is 0 Å². The van der Waals surface area contributed by atoms with Gasteiger partial charge in [-0.15, -0.1) is 0 Å². The molecule has 0 bridgehead atoms. The van der Waals surface area contributed by atoms with Crippen LogP contribution in [0.4, 0.5) is 0 Å². The molecule has 0 atom stereocenters. The van der Waals surface area contributed by atoms with Crippen molar-refractivity contribution in [2.75, 3.05) is 0 Å². The Morgan fingerprint density at radius 1 is 0.920 bits per heavy atom. The van der Waals surface area contributed by atoms with E-state index in [1.165, 1.54) is 25.9 Å². The number of allylic oxidation sites excluding steroid dienone is 1. The number of para-hydroxylation sites is 1. The first kappa shape index (κ1) is 15.1. The summed E-state index contributed by atoms with van der Waals surface area (Å²) in [5, 5.41) is 4.75. The van der Waals surface area contributed by atoms with Crippen molar-refractivity contribution in [3.63, 3.8) is 0 Å². The van der Waals surface area contributed by atoms with Crippen molar-refractivity contribution in [1.29, 1.82) is 0 Å². The topological polar surface area (TPSA) is 39.1 Å². The Morgan fingerprint density at radius 3 is 2.48 bits per heavy atom. The molecule has 0 aliphatic heterocycles. The molecule has 3 heterocycles. The molecule has 1 aromatic carbocycles. The summed E-state index contributed by atoms with van der Waals surface area (Å²) in [6.07, 6.45) is 3.90. The summed E-state index contributed by atoms with van der Waals surface area (Å²) in [5.74, 6) is -0.260. The third kappa shape index (κ3) is 2.31. The molecule has 0 unspecified atom stereocenters. The molecule has 25 heavy (non-hydrogen) atoms. The summed E-state index contributed by atoms with van der Waals surface area (Å²) >= 11 is 0.770. The molecular formula is C20H11NO2STe. The van der Waals surface area contributed by atoms with E-state index < -0.39 is 20.4 Å². The number of rotatable bonds is 2. The third-order valence-corrected chi connectivity index (χ3v) is 8.06. The van der Waals surface area contributed by atoms with Crippen molar-refractivity contribution in [2.24, 2.45) is 0 Å². The quantitative estimate of drug-likeness (QED) is 0.257. The molecule has 0 saturated heterocycles. The molecule has 3 nitrogen and oxygen atoms in total. The van der Waals surface area contributed by atoms with Gasteiger partial charge in [0.15, 0.2) is 0 Å². The van der Waals surface area contributed by atoms with Crippen LogP contribution >= 0.6 is 11.3 Å². The number of hydrogen-bond acceptors (Lipinski definition) is 3. The summed E-state index contributed by atoms with van der Waals surface area (Å²) in [5.41, 5.74) is 2.63. The SMILES string of the molecule is O=C1C(=Cc2ccc(-n3ccc4ccccc43)[te]2)C(=O)c2cscc21. The number of ketones is 2. The van der Waals surface area contributed by atoms with Crippen LogP contribution in [-0.4, -0.2) is 36.6 Å². The number of fused-ring (bicyclic) bond motifs is 2. The summed E-state index contributed by atoms with van der Waals surface area (Å²) in [6.45, 7) is 0. The van der Waals surface area contributed by atoms with Crippen LogP contribution in [0.25, 0.3) is 20.7 Å². The zero-order valence-corrected chi connectivity index (χ0v) is 16.1. The van der Waals surface area contributed by atoms with Gasteiger partial charge in [-0.05, 0) is 0 Å². The summed E-state index contributed by atoms with van der Waals surface area (Å²) < 4.78 is 4.60. The second-order valence-electron chi connectivity index (χ2n) is 5.84. The van der Waals surface area contributed by atoms with Gasteiger partial charge >= 0.3 is 158 Å². The van der Waals surface area contributed by atoms with Crippen molar-refractivity contribution in [3.05, 3.63) is 79.7 Å². The van der Waals surface area contributed by atoms with E-state index in [4.69, 9.17) is 0 Å². The second-order valence-corrected chi connectivity index (χ2v) is 9.70. The van der Waals surface area contributed by atoms with Gasteiger partial charge in [-0.3, -0.25) is 0 Å². The second kappa shape index (κ2) is 5.67. The molecule has 0 saturated carbocycles. The van der Waals surface area contributed by atoms with E-state index in [1.54, 1.807) is 10.8 Å². The van der Waals surface area contributed by atoms with Crippen LogP contribution in [0.5, 0.6) is 0 Å². The molecular weight excluding hydrogens is 446 g/mol. The predicted octanol–water partition coefficient (Wildman–Crippen LogP) is 4.21. The number of aromatic nitrogens is 1. The summed E-state index contributed by atoms with van der Waals surface area (Å²) in [4.78, 5) is 24.8. The predicted molar refractivity (Wildman–Crippen MR) is 101 cm³/mol. The van der Waals surface area contributed by atoms with Gasteiger partial charge < -0.3 is 0 Å². The molecule has 5 heteroatoms. The van der Waals surface area contributed by atoms with Gasteiger partial charge in [0.05, 0.1) is 0 Å². The molecule has 0 fully saturated rings. The van der Waals surface area contributed by atoms with Gasteiger partial charge in [0, 0.05) is 0 Å². The standard InChI is InChI=1S/C20H11NO2STe/c22-19-14(20(23)16-11-24-10-15(16)19)9-13-5-6-18(25-13)21-8-7-12-3-1-2-4-17(12)21/h1-11H. The zero-order chi connectivity index (χ0) is 17.0. The van der Waals surface area contributed by atoms with E-state index in [0.29, 0.717) is 16.7 Å². The normalized spacial score (nSPS) is 13.7. The Kier molecular flexibility index (Phi) is 3.42. The fourth-order valence-corrected chi connectivity index (χ4v) is 6.65.